The number of aliphatic hydroxyl groups excluding tert-OH is 1. The van der Waals surface area contributed by atoms with Crippen LogP contribution in [0.2, 0.25) is 0 Å². The molecular formula is C16H19BrN2O. The van der Waals surface area contributed by atoms with E-state index in [1.54, 1.807) is 0 Å². The minimum atomic E-state index is -0.0383. The van der Waals surface area contributed by atoms with E-state index in [1.165, 1.54) is 25.7 Å². The van der Waals surface area contributed by atoms with Crippen molar-refractivity contribution in [2.75, 3.05) is 6.61 Å². The van der Waals surface area contributed by atoms with Gasteiger partial charge in [-0.1, -0.05) is 40.9 Å². The maximum absolute atomic E-state index is 9.77. The molecule has 1 saturated carbocycles. The number of pyridine rings is 1. The van der Waals surface area contributed by atoms with Crippen LogP contribution in [0.25, 0.3) is 10.9 Å². The largest absolute Gasteiger partial charge is 0.394 e. The van der Waals surface area contributed by atoms with Crippen molar-refractivity contribution in [3.8, 4) is 0 Å². The van der Waals surface area contributed by atoms with Gasteiger partial charge < -0.3 is 10.4 Å². The summed E-state index contributed by atoms with van der Waals surface area (Å²) in [5.74, 6) is 0. The molecule has 3 nitrogen and oxygen atoms in total. The maximum atomic E-state index is 9.77. The summed E-state index contributed by atoms with van der Waals surface area (Å²) in [6.45, 7) is 0.101. The molecule has 3 rings (SSSR count). The van der Waals surface area contributed by atoms with Gasteiger partial charge in [-0.05, 0) is 30.5 Å². The van der Waals surface area contributed by atoms with Crippen LogP contribution in [0, 0.1) is 0 Å². The Morgan fingerprint density at radius 1 is 1.30 bits per heavy atom. The van der Waals surface area contributed by atoms with Crippen LogP contribution in [0.15, 0.2) is 34.9 Å². The Labute approximate surface area is 127 Å². The predicted octanol–water partition coefficient (Wildman–Crippen LogP) is 3.56. The van der Waals surface area contributed by atoms with E-state index < -0.39 is 0 Å². The first-order valence-corrected chi connectivity index (χ1v) is 7.99. The van der Waals surface area contributed by atoms with Crippen LogP contribution in [-0.2, 0) is 0 Å². The second-order valence-corrected chi connectivity index (χ2v) is 6.27. The van der Waals surface area contributed by atoms with Gasteiger partial charge in [-0.25, -0.2) is 0 Å². The van der Waals surface area contributed by atoms with Crippen LogP contribution in [0.4, 0.5) is 0 Å². The molecule has 106 valence electrons. The van der Waals surface area contributed by atoms with Crippen LogP contribution in [0.3, 0.4) is 0 Å². The van der Waals surface area contributed by atoms with Gasteiger partial charge in [-0.2, -0.15) is 0 Å². The standard InChI is InChI=1S/C16H19BrN2O/c17-14-8-7-13(16-12(14)6-3-9-18-16)15(10-20)19-11-4-1-2-5-11/h3,6-9,11,15,19-20H,1-2,4-5,10H2. The number of hydrogen-bond donors (Lipinski definition) is 2. The summed E-state index contributed by atoms with van der Waals surface area (Å²) >= 11 is 3.57. The number of nitrogens with one attached hydrogen (secondary N) is 1. The first kappa shape index (κ1) is 14.0. The number of rotatable bonds is 4. The molecule has 1 heterocycles. The normalized spacial score (nSPS) is 17.7. The fourth-order valence-corrected chi connectivity index (χ4v) is 3.51. The number of benzene rings is 1. The van der Waals surface area contributed by atoms with Gasteiger partial charge in [-0.15, -0.1) is 0 Å². The van der Waals surface area contributed by atoms with Crippen LogP contribution in [0.5, 0.6) is 0 Å². The second kappa shape index (κ2) is 6.20. The van der Waals surface area contributed by atoms with Crippen molar-refractivity contribution in [3.63, 3.8) is 0 Å². The molecule has 2 N–H and O–H groups in total. The molecule has 0 bridgehead atoms. The molecule has 4 heteroatoms. The summed E-state index contributed by atoms with van der Waals surface area (Å²) in [5, 5.41) is 14.4. The third-order valence-corrected chi connectivity index (χ3v) is 4.79. The van der Waals surface area contributed by atoms with E-state index in [2.05, 4.69) is 38.4 Å². The Kier molecular flexibility index (Phi) is 4.34. The summed E-state index contributed by atoms with van der Waals surface area (Å²) in [4.78, 5) is 4.50. The molecule has 1 aromatic heterocycles. The highest BCUT2D eigenvalue weighted by Crippen LogP contribution is 2.30. The average molecular weight is 335 g/mol. The zero-order valence-corrected chi connectivity index (χ0v) is 12.9. The van der Waals surface area contributed by atoms with Gasteiger partial charge in [0.05, 0.1) is 18.2 Å². The summed E-state index contributed by atoms with van der Waals surface area (Å²) in [6, 6.07) is 8.58. The smallest absolute Gasteiger partial charge is 0.0761 e. The van der Waals surface area contributed by atoms with E-state index in [-0.39, 0.29) is 12.6 Å². The van der Waals surface area contributed by atoms with Crippen LogP contribution >= 0.6 is 15.9 Å². The lowest BCUT2D eigenvalue weighted by Gasteiger charge is -2.22. The van der Waals surface area contributed by atoms with Crippen LogP contribution < -0.4 is 5.32 Å². The predicted molar refractivity (Wildman–Crippen MR) is 84.7 cm³/mol. The lowest BCUT2D eigenvalue weighted by atomic mass is 10.0. The number of nitrogens with zero attached hydrogens (tertiary/aromatic N) is 1. The van der Waals surface area contributed by atoms with Crippen molar-refractivity contribution in [1.82, 2.24) is 10.3 Å². The third-order valence-electron chi connectivity index (χ3n) is 4.10. The summed E-state index contributed by atoms with van der Waals surface area (Å²) < 4.78 is 1.04. The Bertz CT molecular complexity index is 596. The fraction of sp³-hybridized carbons (Fsp3) is 0.438. The Hall–Kier alpha value is -0.970. The molecule has 0 spiro atoms. The fourth-order valence-electron chi connectivity index (χ4n) is 3.06. The Morgan fingerprint density at radius 3 is 2.85 bits per heavy atom. The van der Waals surface area contributed by atoms with Gasteiger partial charge in [0.15, 0.2) is 0 Å². The molecule has 0 saturated heterocycles. The molecule has 2 aromatic rings. The minimum absolute atomic E-state index is 0.0383. The van der Waals surface area contributed by atoms with E-state index in [0.29, 0.717) is 6.04 Å². The minimum Gasteiger partial charge on any atom is -0.394 e. The van der Waals surface area contributed by atoms with E-state index in [1.807, 2.05) is 18.3 Å². The molecule has 0 radical (unpaired) electrons. The first-order valence-electron chi connectivity index (χ1n) is 7.19. The van der Waals surface area contributed by atoms with Crippen molar-refractivity contribution in [3.05, 3.63) is 40.5 Å². The van der Waals surface area contributed by atoms with E-state index in [9.17, 15) is 5.11 Å². The molecular weight excluding hydrogens is 316 g/mol. The highest BCUT2D eigenvalue weighted by atomic mass is 79.9. The average Bonchev–Trinajstić information content (AvgIpc) is 2.99. The first-order chi connectivity index (χ1) is 9.79. The van der Waals surface area contributed by atoms with Gasteiger partial charge >= 0.3 is 0 Å². The van der Waals surface area contributed by atoms with Crippen molar-refractivity contribution >= 4 is 26.8 Å². The lowest BCUT2D eigenvalue weighted by Crippen LogP contribution is -2.32. The van der Waals surface area contributed by atoms with Gasteiger partial charge in [0.2, 0.25) is 0 Å². The topological polar surface area (TPSA) is 45.1 Å². The van der Waals surface area contributed by atoms with Crippen molar-refractivity contribution in [1.29, 1.82) is 0 Å². The molecule has 0 aliphatic heterocycles. The number of fused-ring (bicyclic) bond motifs is 1. The zero-order chi connectivity index (χ0) is 13.9. The van der Waals surface area contributed by atoms with Crippen LogP contribution in [-0.4, -0.2) is 22.7 Å². The molecule has 1 aliphatic rings. The van der Waals surface area contributed by atoms with Crippen molar-refractivity contribution < 1.29 is 5.11 Å². The van der Waals surface area contributed by atoms with Crippen molar-refractivity contribution in [2.45, 2.75) is 37.8 Å². The van der Waals surface area contributed by atoms with E-state index in [4.69, 9.17) is 0 Å². The molecule has 1 atom stereocenters. The Morgan fingerprint density at radius 2 is 2.10 bits per heavy atom. The number of aliphatic hydroxyl groups is 1. The highest BCUT2D eigenvalue weighted by Gasteiger charge is 2.21. The summed E-state index contributed by atoms with van der Waals surface area (Å²) in [7, 11) is 0. The lowest BCUT2D eigenvalue weighted by molar-refractivity contribution is 0.233. The Balaban J connectivity index is 1.96. The van der Waals surface area contributed by atoms with E-state index >= 15 is 0 Å². The molecule has 1 aliphatic carbocycles. The van der Waals surface area contributed by atoms with Crippen molar-refractivity contribution in [2.24, 2.45) is 0 Å². The third kappa shape index (κ3) is 2.73. The van der Waals surface area contributed by atoms with E-state index in [0.717, 1.165) is 20.9 Å². The molecule has 20 heavy (non-hydrogen) atoms. The molecule has 1 fully saturated rings. The number of halogens is 1. The van der Waals surface area contributed by atoms with Crippen LogP contribution in [0.1, 0.15) is 37.3 Å². The van der Waals surface area contributed by atoms with Gasteiger partial charge in [0, 0.05) is 22.1 Å². The zero-order valence-electron chi connectivity index (χ0n) is 11.3. The molecule has 1 unspecified atom stereocenters. The summed E-state index contributed by atoms with van der Waals surface area (Å²) in [5.41, 5.74) is 2.05. The maximum Gasteiger partial charge on any atom is 0.0761 e. The van der Waals surface area contributed by atoms with Gasteiger partial charge in [0.25, 0.3) is 0 Å². The quantitative estimate of drug-likeness (QED) is 0.898. The second-order valence-electron chi connectivity index (χ2n) is 5.42. The molecule has 1 aromatic carbocycles. The SMILES string of the molecule is OCC(NC1CCCC1)c1ccc(Br)c2cccnc12. The number of hydrogen-bond acceptors (Lipinski definition) is 3. The highest BCUT2D eigenvalue weighted by molar-refractivity contribution is 9.10. The number of aromatic nitrogens is 1. The van der Waals surface area contributed by atoms with Gasteiger partial charge in [-0.3, -0.25) is 4.98 Å². The van der Waals surface area contributed by atoms with Gasteiger partial charge in [0.1, 0.15) is 0 Å². The summed E-state index contributed by atoms with van der Waals surface area (Å²) in [6.07, 6.45) is 6.79. The monoisotopic (exact) mass is 334 g/mol. The molecule has 0 amide bonds.